The number of carbonyl (C=O) groups is 1. The number of Topliss-reactive ketones (excluding diaryl/α,β-unsaturated/α-hetero) is 1. The van der Waals surface area contributed by atoms with Crippen LogP contribution in [0.25, 0.3) is 0 Å². The average Bonchev–Trinajstić information content (AvgIpc) is 2.43. The van der Waals surface area contributed by atoms with Crippen molar-refractivity contribution in [2.24, 2.45) is 5.92 Å². The summed E-state index contributed by atoms with van der Waals surface area (Å²) in [5.41, 5.74) is 1.88. The average molecular weight is 297 g/mol. The Morgan fingerprint density at radius 1 is 1.35 bits per heavy atom. The lowest BCUT2D eigenvalue weighted by molar-refractivity contribution is -0.120. The number of aliphatic hydroxyl groups is 1. The highest BCUT2D eigenvalue weighted by atomic mass is 35.5. The molecular formula is C16H21ClO3. The first-order valence-electron chi connectivity index (χ1n) is 7.16. The van der Waals surface area contributed by atoms with Gasteiger partial charge in [-0.15, -0.1) is 0 Å². The normalized spacial score (nSPS) is 16.3. The Bertz CT molecular complexity index is 453. The predicted octanol–water partition coefficient (Wildman–Crippen LogP) is 2.80. The molecule has 1 fully saturated rings. The van der Waals surface area contributed by atoms with Gasteiger partial charge in [0.25, 0.3) is 0 Å². The second-order valence-electron chi connectivity index (χ2n) is 5.37. The van der Waals surface area contributed by atoms with Gasteiger partial charge in [-0.25, -0.2) is 0 Å². The van der Waals surface area contributed by atoms with Crippen molar-refractivity contribution in [1.29, 1.82) is 0 Å². The summed E-state index contributed by atoms with van der Waals surface area (Å²) in [7, 11) is 0. The molecule has 0 spiro atoms. The standard InChI is InChI=1S/C16H21ClO3/c17-16-10-12(3-6-18)1-2-14(16)11-15(19)9-13-4-7-20-8-5-13/h1-2,10,13,18H,3-9,11H2. The second-order valence-corrected chi connectivity index (χ2v) is 5.78. The highest BCUT2D eigenvalue weighted by molar-refractivity contribution is 6.31. The number of hydrogen-bond acceptors (Lipinski definition) is 3. The first-order chi connectivity index (χ1) is 9.69. The minimum Gasteiger partial charge on any atom is -0.396 e. The van der Waals surface area contributed by atoms with E-state index < -0.39 is 0 Å². The van der Waals surface area contributed by atoms with E-state index >= 15 is 0 Å². The van der Waals surface area contributed by atoms with Crippen molar-refractivity contribution < 1.29 is 14.6 Å². The molecule has 1 heterocycles. The van der Waals surface area contributed by atoms with Gasteiger partial charge in [0.05, 0.1) is 0 Å². The van der Waals surface area contributed by atoms with E-state index in [4.69, 9.17) is 21.4 Å². The van der Waals surface area contributed by atoms with E-state index in [0.29, 0.717) is 30.2 Å². The minimum atomic E-state index is 0.109. The van der Waals surface area contributed by atoms with Gasteiger partial charge < -0.3 is 9.84 Å². The van der Waals surface area contributed by atoms with Crippen LogP contribution in [-0.2, 0) is 22.4 Å². The lowest BCUT2D eigenvalue weighted by Gasteiger charge is -2.21. The number of carbonyl (C=O) groups excluding carboxylic acids is 1. The highest BCUT2D eigenvalue weighted by Crippen LogP contribution is 2.23. The maximum absolute atomic E-state index is 12.1. The molecule has 1 aliphatic heterocycles. The summed E-state index contributed by atoms with van der Waals surface area (Å²) >= 11 is 6.20. The zero-order valence-electron chi connectivity index (χ0n) is 11.6. The third kappa shape index (κ3) is 4.58. The summed E-state index contributed by atoms with van der Waals surface area (Å²) in [6, 6.07) is 5.67. The van der Waals surface area contributed by atoms with Crippen LogP contribution in [0.1, 0.15) is 30.4 Å². The van der Waals surface area contributed by atoms with Crippen LogP contribution in [0, 0.1) is 5.92 Å². The van der Waals surface area contributed by atoms with Crippen LogP contribution in [0.5, 0.6) is 0 Å². The number of benzene rings is 1. The smallest absolute Gasteiger partial charge is 0.137 e. The maximum atomic E-state index is 12.1. The molecule has 0 aliphatic carbocycles. The van der Waals surface area contributed by atoms with Gasteiger partial charge in [0.1, 0.15) is 5.78 Å². The quantitative estimate of drug-likeness (QED) is 0.878. The lowest BCUT2D eigenvalue weighted by atomic mass is 9.92. The van der Waals surface area contributed by atoms with E-state index in [1.807, 2.05) is 18.2 Å². The first-order valence-corrected chi connectivity index (χ1v) is 7.54. The molecule has 3 nitrogen and oxygen atoms in total. The van der Waals surface area contributed by atoms with Gasteiger partial charge in [0.2, 0.25) is 0 Å². The molecule has 1 saturated heterocycles. The molecule has 0 amide bonds. The van der Waals surface area contributed by atoms with Crippen LogP contribution in [0.15, 0.2) is 18.2 Å². The molecule has 1 aromatic carbocycles. The second kappa shape index (κ2) is 7.77. The number of halogens is 1. The van der Waals surface area contributed by atoms with E-state index in [1.54, 1.807) is 0 Å². The van der Waals surface area contributed by atoms with Gasteiger partial charge in [-0.05, 0) is 42.4 Å². The molecule has 1 aromatic rings. The van der Waals surface area contributed by atoms with Gasteiger partial charge in [0, 0.05) is 37.7 Å². The van der Waals surface area contributed by atoms with E-state index in [-0.39, 0.29) is 12.4 Å². The van der Waals surface area contributed by atoms with Crippen molar-refractivity contribution in [3.63, 3.8) is 0 Å². The number of ketones is 1. The number of aliphatic hydroxyl groups excluding tert-OH is 1. The van der Waals surface area contributed by atoms with E-state index in [0.717, 1.165) is 37.2 Å². The number of ether oxygens (including phenoxy) is 1. The summed E-state index contributed by atoms with van der Waals surface area (Å²) < 4.78 is 5.30. The summed E-state index contributed by atoms with van der Waals surface area (Å²) in [5, 5.41) is 9.52. The molecule has 20 heavy (non-hydrogen) atoms. The van der Waals surface area contributed by atoms with Crippen LogP contribution in [0.3, 0.4) is 0 Å². The SMILES string of the molecule is O=C(Cc1ccc(CCO)cc1Cl)CC1CCOCC1. The van der Waals surface area contributed by atoms with Crippen molar-refractivity contribution in [3.8, 4) is 0 Å². The molecule has 0 aromatic heterocycles. The molecule has 2 rings (SSSR count). The third-order valence-corrected chi connectivity index (χ3v) is 4.11. The zero-order chi connectivity index (χ0) is 14.4. The molecule has 1 N–H and O–H groups in total. The predicted molar refractivity (Wildman–Crippen MR) is 79.1 cm³/mol. The monoisotopic (exact) mass is 296 g/mol. The van der Waals surface area contributed by atoms with Gasteiger partial charge >= 0.3 is 0 Å². The Morgan fingerprint density at radius 3 is 2.75 bits per heavy atom. The fourth-order valence-corrected chi connectivity index (χ4v) is 2.85. The van der Waals surface area contributed by atoms with Crippen LogP contribution < -0.4 is 0 Å². The van der Waals surface area contributed by atoms with Crippen molar-refractivity contribution >= 4 is 17.4 Å². The lowest BCUT2D eigenvalue weighted by Crippen LogP contribution is -2.19. The Balaban J connectivity index is 1.90. The fraction of sp³-hybridized carbons (Fsp3) is 0.562. The molecule has 110 valence electrons. The third-order valence-electron chi connectivity index (χ3n) is 3.76. The Morgan fingerprint density at radius 2 is 2.10 bits per heavy atom. The summed E-state index contributed by atoms with van der Waals surface area (Å²) in [6.07, 6.45) is 3.58. The van der Waals surface area contributed by atoms with Crippen LogP contribution in [0.2, 0.25) is 5.02 Å². The molecule has 0 unspecified atom stereocenters. The first kappa shape index (κ1) is 15.5. The summed E-state index contributed by atoms with van der Waals surface area (Å²) in [4.78, 5) is 12.1. The Kier molecular flexibility index (Phi) is 6.02. The van der Waals surface area contributed by atoms with E-state index in [1.165, 1.54) is 0 Å². The van der Waals surface area contributed by atoms with Crippen LogP contribution >= 0.6 is 11.6 Å². The number of rotatable bonds is 6. The largest absolute Gasteiger partial charge is 0.396 e. The minimum absolute atomic E-state index is 0.109. The van der Waals surface area contributed by atoms with Crippen molar-refractivity contribution in [3.05, 3.63) is 34.3 Å². The summed E-state index contributed by atoms with van der Waals surface area (Å²) in [6.45, 7) is 1.65. The fourth-order valence-electron chi connectivity index (χ4n) is 2.58. The maximum Gasteiger partial charge on any atom is 0.137 e. The molecule has 1 aliphatic rings. The van der Waals surface area contributed by atoms with E-state index in [9.17, 15) is 4.79 Å². The molecule has 0 saturated carbocycles. The Labute approximate surface area is 124 Å². The number of hydrogen-bond donors (Lipinski definition) is 1. The molecule has 0 atom stereocenters. The molecule has 0 bridgehead atoms. The van der Waals surface area contributed by atoms with Crippen LogP contribution in [0.4, 0.5) is 0 Å². The molecular weight excluding hydrogens is 276 g/mol. The van der Waals surface area contributed by atoms with Crippen molar-refractivity contribution in [1.82, 2.24) is 0 Å². The molecule has 4 heteroatoms. The van der Waals surface area contributed by atoms with Gasteiger partial charge in [-0.1, -0.05) is 23.7 Å². The molecule has 0 radical (unpaired) electrons. The van der Waals surface area contributed by atoms with Crippen LogP contribution in [-0.4, -0.2) is 30.7 Å². The zero-order valence-corrected chi connectivity index (χ0v) is 12.4. The van der Waals surface area contributed by atoms with Gasteiger partial charge in [-0.3, -0.25) is 4.79 Å². The summed E-state index contributed by atoms with van der Waals surface area (Å²) in [5.74, 6) is 0.706. The van der Waals surface area contributed by atoms with Gasteiger partial charge in [-0.2, -0.15) is 0 Å². The van der Waals surface area contributed by atoms with Crippen molar-refractivity contribution in [2.45, 2.75) is 32.1 Å². The topological polar surface area (TPSA) is 46.5 Å². The Hall–Kier alpha value is -0.900. The van der Waals surface area contributed by atoms with E-state index in [2.05, 4.69) is 0 Å². The van der Waals surface area contributed by atoms with Gasteiger partial charge in [0.15, 0.2) is 0 Å². The highest BCUT2D eigenvalue weighted by Gasteiger charge is 2.18. The van der Waals surface area contributed by atoms with Crippen molar-refractivity contribution in [2.75, 3.05) is 19.8 Å².